The fourth-order valence-corrected chi connectivity index (χ4v) is 4.60. The van der Waals surface area contributed by atoms with Gasteiger partial charge in [-0.15, -0.1) is 0 Å². The normalized spacial score (nSPS) is 19.4. The fourth-order valence-electron chi connectivity index (χ4n) is 4.60. The van der Waals surface area contributed by atoms with Crippen LogP contribution in [0.5, 0.6) is 5.75 Å². The molecule has 5 rings (SSSR count). The van der Waals surface area contributed by atoms with Gasteiger partial charge in [-0.25, -0.2) is 0 Å². The van der Waals surface area contributed by atoms with E-state index in [4.69, 9.17) is 9.26 Å². The summed E-state index contributed by atoms with van der Waals surface area (Å²) in [6.07, 6.45) is 5.71. The molecule has 0 N–H and O–H groups in total. The average Bonchev–Trinajstić information content (AvgIpc) is 3.46. The van der Waals surface area contributed by atoms with Crippen molar-refractivity contribution in [2.24, 2.45) is 0 Å². The summed E-state index contributed by atoms with van der Waals surface area (Å²) in [7, 11) is 0. The van der Waals surface area contributed by atoms with E-state index in [9.17, 15) is 4.79 Å². The minimum atomic E-state index is -0.0456. The predicted octanol–water partition coefficient (Wildman–Crippen LogP) is 4.26. The SMILES string of the molecule is O=C(CN1CCCCCC1)N1CCC(Oc2ccccc2-c2nc(-c3ccccc3)no2)C1. The van der Waals surface area contributed by atoms with Crippen LogP contribution in [0.2, 0.25) is 0 Å². The van der Waals surface area contributed by atoms with E-state index in [1.165, 1.54) is 25.7 Å². The Morgan fingerprint density at radius 3 is 2.55 bits per heavy atom. The first kappa shape index (κ1) is 21.6. The summed E-state index contributed by atoms with van der Waals surface area (Å²) in [5, 5.41) is 4.13. The highest BCUT2D eigenvalue weighted by molar-refractivity contribution is 5.78. The molecule has 7 heteroatoms. The van der Waals surface area contributed by atoms with Crippen LogP contribution in [0.25, 0.3) is 22.8 Å². The number of likely N-dealkylation sites (tertiary alicyclic amines) is 2. The number of carbonyl (C=O) groups is 1. The Hall–Kier alpha value is -3.19. The van der Waals surface area contributed by atoms with Gasteiger partial charge < -0.3 is 14.2 Å². The molecule has 2 fully saturated rings. The average molecular weight is 447 g/mol. The van der Waals surface area contributed by atoms with E-state index >= 15 is 0 Å². The van der Waals surface area contributed by atoms with Crippen molar-refractivity contribution in [3.63, 3.8) is 0 Å². The molecule has 3 heterocycles. The summed E-state index contributed by atoms with van der Waals surface area (Å²) in [5.74, 6) is 1.89. The van der Waals surface area contributed by atoms with Crippen LogP contribution in [-0.4, -0.2) is 64.7 Å². The molecule has 0 saturated carbocycles. The van der Waals surface area contributed by atoms with Crippen molar-refractivity contribution < 1.29 is 14.1 Å². The van der Waals surface area contributed by atoms with Crippen LogP contribution in [0.1, 0.15) is 32.1 Å². The molecule has 33 heavy (non-hydrogen) atoms. The zero-order valence-corrected chi connectivity index (χ0v) is 18.9. The number of amides is 1. The summed E-state index contributed by atoms with van der Waals surface area (Å²) in [5.41, 5.74) is 1.67. The van der Waals surface area contributed by atoms with Crippen LogP contribution in [0.4, 0.5) is 0 Å². The van der Waals surface area contributed by atoms with Gasteiger partial charge in [-0.3, -0.25) is 9.69 Å². The molecule has 1 atom stereocenters. The van der Waals surface area contributed by atoms with Gasteiger partial charge in [-0.05, 0) is 38.1 Å². The van der Waals surface area contributed by atoms with Crippen molar-refractivity contribution in [3.05, 3.63) is 54.6 Å². The molecule has 3 aromatic rings. The number of para-hydroxylation sites is 1. The number of rotatable bonds is 6. The number of ether oxygens (including phenoxy) is 1. The van der Waals surface area contributed by atoms with E-state index in [-0.39, 0.29) is 12.0 Å². The second-order valence-electron chi connectivity index (χ2n) is 8.84. The third-order valence-electron chi connectivity index (χ3n) is 6.42. The highest BCUT2D eigenvalue weighted by Gasteiger charge is 2.29. The topological polar surface area (TPSA) is 71.7 Å². The third kappa shape index (κ3) is 5.25. The first-order valence-electron chi connectivity index (χ1n) is 11.9. The smallest absolute Gasteiger partial charge is 0.262 e. The minimum Gasteiger partial charge on any atom is -0.488 e. The largest absolute Gasteiger partial charge is 0.488 e. The molecular weight excluding hydrogens is 416 g/mol. The van der Waals surface area contributed by atoms with E-state index in [2.05, 4.69) is 15.0 Å². The summed E-state index contributed by atoms with van der Waals surface area (Å²) in [6, 6.07) is 17.5. The molecule has 2 aromatic carbocycles. The summed E-state index contributed by atoms with van der Waals surface area (Å²) >= 11 is 0. The molecule has 1 aromatic heterocycles. The molecular formula is C26H30N4O3. The Kier molecular flexibility index (Phi) is 6.67. The van der Waals surface area contributed by atoms with Gasteiger partial charge in [-0.2, -0.15) is 4.98 Å². The maximum absolute atomic E-state index is 12.8. The molecule has 172 valence electrons. The standard InChI is InChI=1S/C26H30N4O3/c31-24(19-29-15-8-1-2-9-16-29)30-17-14-21(18-30)32-23-13-7-6-12-22(23)26-27-25(28-33-26)20-10-4-3-5-11-20/h3-7,10-13,21H,1-2,8-9,14-19H2. The lowest BCUT2D eigenvalue weighted by Gasteiger charge is -2.23. The highest BCUT2D eigenvalue weighted by atomic mass is 16.5. The molecule has 0 spiro atoms. The van der Waals surface area contributed by atoms with Gasteiger partial charge in [0.2, 0.25) is 11.7 Å². The van der Waals surface area contributed by atoms with Crippen molar-refractivity contribution in [2.75, 3.05) is 32.7 Å². The van der Waals surface area contributed by atoms with Crippen LogP contribution in [-0.2, 0) is 4.79 Å². The van der Waals surface area contributed by atoms with Gasteiger partial charge in [0.15, 0.2) is 0 Å². The number of nitrogens with zero attached hydrogens (tertiary/aromatic N) is 4. The maximum atomic E-state index is 12.8. The lowest BCUT2D eigenvalue weighted by atomic mass is 10.2. The van der Waals surface area contributed by atoms with Gasteiger partial charge in [0.25, 0.3) is 5.89 Å². The molecule has 1 unspecified atom stereocenters. The fraction of sp³-hybridized carbons (Fsp3) is 0.423. The van der Waals surface area contributed by atoms with Crippen molar-refractivity contribution >= 4 is 5.91 Å². The zero-order valence-electron chi connectivity index (χ0n) is 18.9. The Balaban J connectivity index is 1.23. The Morgan fingerprint density at radius 2 is 1.73 bits per heavy atom. The maximum Gasteiger partial charge on any atom is 0.262 e. The van der Waals surface area contributed by atoms with Crippen LogP contribution in [0, 0.1) is 0 Å². The van der Waals surface area contributed by atoms with Gasteiger partial charge in [0.1, 0.15) is 11.9 Å². The molecule has 2 aliphatic rings. The monoisotopic (exact) mass is 446 g/mol. The number of hydrogen-bond donors (Lipinski definition) is 0. The second kappa shape index (κ2) is 10.2. The Labute approximate surface area is 194 Å². The summed E-state index contributed by atoms with van der Waals surface area (Å²) in [4.78, 5) is 21.7. The molecule has 1 amide bonds. The predicted molar refractivity (Wildman–Crippen MR) is 126 cm³/mol. The van der Waals surface area contributed by atoms with Gasteiger partial charge in [-0.1, -0.05) is 60.5 Å². The van der Waals surface area contributed by atoms with Crippen molar-refractivity contribution in [1.82, 2.24) is 19.9 Å². The lowest BCUT2D eigenvalue weighted by molar-refractivity contribution is -0.131. The molecule has 2 aliphatic heterocycles. The molecule has 0 aliphatic carbocycles. The van der Waals surface area contributed by atoms with Crippen LogP contribution in [0.15, 0.2) is 59.1 Å². The molecule has 7 nitrogen and oxygen atoms in total. The quantitative estimate of drug-likeness (QED) is 0.563. The first-order chi connectivity index (χ1) is 16.3. The van der Waals surface area contributed by atoms with Gasteiger partial charge in [0.05, 0.1) is 18.7 Å². The molecule has 2 saturated heterocycles. The van der Waals surface area contributed by atoms with E-state index < -0.39 is 0 Å². The Morgan fingerprint density at radius 1 is 0.970 bits per heavy atom. The van der Waals surface area contributed by atoms with E-state index in [0.29, 0.717) is 30.6 Å². The van der Waals surface area contributed by atoms with E-state index in [0.717, 1.165) is 37.2 Å². The first-order valence-corrected chi connectivity index (χ1v) is 11.9. The van der Waals surface area contributed by atoms with Gasteiger partial charge in [0, 0.05) is 18.5 Å². The second-order valence-corrected chi connectivity index (χ2v) is 8.84. The van der Waals surface area contributed by atoms with Crippen molar-refractivity contribution in [1.29, 1.82) is 0 Å². The lowest BCUT2D eigenvalue weighted by Crippen LogP contribution is -2.40. The number of benzene rings is 2. The minimum absolute atomic E-state index is 0.0456. The van der Waals surface area contributed by atoms with Crippen LogP contribution in [0.3, 0.4) is 0 Å². The number of carbonyl (C=O) groups excluding carboxylic acids is 1. The van der Waals surface area contributed by atoms with Crippen LogP contribution < -0.4 is 4.74 Å². The Bertz CT molecular complexity index is 1060. The third-order valence-corrected chi connectivity index (χ3v) is 6.42. The zero-order chi connectivity index (χ0) is 22.5. The number of aromatic nitrogens is 2. The van der Waals surface area contributed by atoms with Crippen molar-refractivity contribution in [2.45, 2.75) is 38.2 Å². The van der Waals surface area contributed by atoms with Gasteiger partial charge >= 0.3 is 0 Å². The van der Waals surface area contributed by atoms with Crippen LogP contribution >= 0.6 is 0 Å². The highest BCUT2D eigenvalue weighted by Crippen LogP contribution is 2.32. The van der Waals surface area contributed by atoms with E-state index in [1.54, 1.807) is 0 Å². The molecule has 0 radical (unpaired) electrons. The number of hydrogen-bond acceptors (Lipinski definition) is 6. The van der Waals surface area contributed by atoms with Crippen molar-refractivity contribution in [3.8, 4) is 28.6 Å². The summed E-state index contributed by atoms with van der Waals surface area (Å²) in [6.45, 7) is 3.93. The summed E-state index contributed by atoms with van der Waals surface area (Å²) < 4.78 is 11.9. The van der Waals surface area contributed by atoms with E-state index in [1.807, 2.05) is 59.5 Å². The molecule has 0 bridgehead atoms.